The summed E-state index contributed by atoms with van der Waals surface area (Å²) >= 11 is 7.39. The fourth-order valence-corrected chi connectivity index (χ4v) is 2.09. The highest BCUT2D eigenvalue weighted by Crippen LogP contribution is 2.42. The van der Waals surface area contributed by atoms with Gasteiger partial charge in [-0.2, -0.15) is 0 Å². The van der Waals surface area contributed by atoms with E-state index in [0.717, 1.165) is 5.92 Å². The van der Waals surface area contributed by atoms with Gasteiger partial charge in [-0.15, -0.1) is 22.9 Å². The SMILES string of the molecule is ClCc1scnc1C1CC1. The molecule has 0 amide bonds. The van der Waals surface area contributed by atoms with Gasteiger partial charge in [-0.1, -0.05) is 0 Å². The second kappa shape index (κ2) is 2.51. The quantitative estimate of drug-likeness (QED) is 0.627. The summed E-state index contributed by atoms with van der Waals surface area (Å²) < 4.78 is 0. The number of aromatic nitrogens is 1. The van der Waals surface area contributed by atoms with E-state index in [1.807, 2.05) is 5.51 Å². The van der Waals surface area contributed by atoms with Crippen LogP contribution in [-0.2, 0) is 5.88 Å². The molecule has 1 heterocycles. The third kappa shape index (κ3) is 1.06. The van der Waals surface area contributed by atoms with E-state index in [4.69, 9.17) is 11.6 Å². The third-order valence-corrected chi connectivity index (χ3v) is 3.03. The largest absolute Gasteiger partial charge is 0.249 e. The standard InChI is InChI=1S/C7H8ClNS/c8-3-6-7(5-1-2-5)9-4-10-6/h4-5H,1-3H2. The van der Waals surface area contributed by atoms with Crippen molar-refractivity contribution < 1.29 is 0 Å². The van der Waals surface area contributed by atoms with Crippen molar-refractivity contribution in [3.8, 4) is 0 Å². The highest BCUT2D eigenvalue weighted by Gasteiger charge is 2.27. The summed E-state index contributed by atoms with van der Waals surface area (Å²) in [6.45, 7) is 0. The number of thiazole rings is 1. The van der Waals surface area contributed by atoms with Crippen LogP contribution >= 0.6 is 22.9 Å². The zero-order valence-corrected chi connectivity index (χ0v) is 7.08. The van der Waals surface area contributed by atoms with Gasteiger partial charge in [0.1, 0.15) is 0 Å². The van der Waals surface area contributed by atoms with E-state index in [2.05, 4.69) is 4.98 Å². The topological polar surface area (TPSA) is 12.9 Å². The first-order valence-electron chi connectivity index (χ1n) is 3.40. The normalized spacial score (nSPS) is 17.7. The number of hydrogen-bond donors (Lipinski definition) is 0. The molecule has 0 bridgehead atoms. The Hall–Kier alpha value is -0.0800. The van der Waals surface area contributed by atoms with E-state index in [1.54, 1.807) is 11.3 Å². The Balaban J connectivity index is 2.28. The molecule has 1 aliphatic rings. The van der Waals surface area contributed by atoms with Crippen molar-refractivity contribution >= 4 is 22.9 Å². The molecule has 1 aliphatic carbocycles. The van der Waals surface area contributed by atoms with Crippen molar-refractivity contribution in [1.82, 2.24) is 4.98 Å². The molecule has 2 rings (SSSR count). The first kappa shape index (κ1) is 6.62. The van der Waals surface area contributed by atoms with Crippen molar-refractivity contribution in [2.75, 3.05) is 0 Å². The molecule has 1 aromatic rings. The molecule has 1 aromatic heterocycles. The predicted molar refractivity (Wildman–Crippen MR) is 43.6 cm³/mol. The van der Waals surface area contributed by atoms with Crippen LogP contribution < -0.4 is 0 Å². The van der Waals surface area contributed by atoms with Crippen molar-refractivity contribution in [1.29, 1.82) is 0 Å². The third-order valence-electron chi connectivity index (χ3n) is 1.76. The summed E-state index contributed by atoms with van der Waals surface area (Å²) in [6, 6.07) is 0. The van der Waals surface area contributed by atoms with Gasteiger partial charge in [-0.25, -0.2) is 4.98 Å². The second-order valence-electron chi connectivity index (χ2n) is 2.57. The number of hydrogen-bond acceptors (Lipinski definition) is 2. The van der Waals surface area contributed by atoms with Gasteiger partial charge in [0.25, 0.3) is 0 Å². The van der Waals surface area contributed by atoms with Crippen LogP contribution in [0.15, 0.2) is 5.51 Å². The molecule has 0 spiro atoms. The fourth-order valence-electron chi connectivity index (χ4n) is 1.07. The molecular weight excluding hydrogens is 166 g/mol. The summed E-state index contributed by atoms with van der Waals surface area (Å²) in [5, 5.41) is 0. The number of rotatable bonds is 2. The lowest BCUT2D eigenvalue weighted by Crippen LogP contribution is -1.82. The number of halogens is 1. The van der Waals surface area contributed by atoms with Crippen LogP contribution in [0, 0.1) is 0 Å². The molecule has 0 aliphatic heterocycles. The van der Waals surface area contributed by atoms with Crippen molar-refractivity contribution in [3.63, 3.8) is 0 Å². The zero-order valence-electron chi connectivity index (χ0n) is 5.51. The van der Waals surface area contributed by atoms with Gasteiger partial charge in [-0.05, 0) is 12.8 Å². The van der Waals surface area contributed by atoms with Crippen LogP contribution in [0.25, 0.3) is 0 Å². The zero-order chi connectivity index (χ0) is 6.97. The molecule has 54 valence electrons. The van der Waals surface area contributed by atoms with E-state index < -0.39 is 0 Å². The maximum absolute atomic E-state index is 5.72. The maximum atomic E-state index is 5.72. The Kier molecular flexibility index (Phi) is 1.66. The summed E-state index contributed by atoms with van der Waals surface area (Å²) in [6.07, 6.45) is 2.63. The Morgan fingerprint density at radius 3 is 3.10 bits per heavy atom. The highest BCUT2D eigenvalue weighted by molar-refractivity contribution is 7.10. The van der Waals surface area contributed by atoms with Crippen LogP contribution in [0.4, 0.5) is 0 Å². The molecule has 1 saturated carbocycles. The van der Waals surface area contributed by atoms with Gasteiger partial charge in [0.15, 0.2) is 0 Å². The summed E-state index contributed by atoms with van der Waals surface area (Å²) in [5.41, 5.74) is 3.16. The van der Waals surface area contributed by atoms with Crippen molar-refractivity contribution in [3.05, 3.63) is 16.1 Å². The molecule has 0 N–H and O–H groups in total. The van der Waals surface area contributed by atoms with Crippen molar-refractivity contribution in [2.45, 2.75) is 24.6 Å². The van der Waals surface area contributed by atoms with E-state index >= 15 is 0 Å². The Labute approximate surface area is 69.0 Å². The smallest absolute Gasteiger partial charge is 0.0798 e. The van der Waals surface area contributed by atoms with Gasteiger partial charge in [-0.3, -0.25) is 0 Å². The minimum atomic E-state index is 0.635. The van der Waals surface area contributed by atoms with Crippen LogP contribution in [0.5, 0.6) is 0 Å². The second-order valence-corrected chi connectivity index (χ2v) is 3.78. The van der Waals surface area contributed by atoms with Crippen LogP contribution in [-0.4, -0.2) is 4.98 Å². The molecule has 3 heteroatoms. The maximum Gasteiger partial charge on any atom is 0.0798 e. The summed E-state index contributed by atoms with van der Waals surface area (Å²) in [4.78, 5) is 5.55. The molecule has 0 saturated heterocycles. The molecular formula is C7H8ClNS. The van der Waals surface area contributed by atoms with Gasteiger partial charge < -0.3 is 0 Å². The minimum absolute atomic E-state index is 0.635. The van der Waals surface area contributed by atoms with Crippen molar-refractivity contribution in [2.24, 2.45) is 0 Å². The fraction of sp³-hybridized carbons (Fsp3) is 0.571. The highest BCUT2D eigenvalue weighted by atomic mass is 35.5. The molecule has 1 nitrogen and oxygen atoms in total. The Morgan fingerprint density at radius 1 is 1.70 bits per heavy atom. The predicted octanol–water partition coefficient (Wildman–Crippen LogP) is 2.76. The van der Waals surface area contributed by atoms with E-state index in [1.165, 1.54) is 23.4 Å². The van der Waals surface area contributed by atoms with E-state index in [9.17, 15) is 0 Å². The summed E-state index contributed by atoms with van der Waals surface area (Å²) in [5.74, 6) is 1.39. The number of nitrogens with zero attached hydrogens (tertiary/aromatic N) is 1. The molecule has 0 radical (unpaired) electrons. The molecule has 1 fully saturated rings. The van der Waals surface area contributed by atoms with Gasteiger partial charge in [0, 0.05) is 10.8 Å². The van der Waals surface area contributed by atoms with Crippen LogP contribution in [0.2, 0.25) is 0 Å². The first-order chi connectivity index (χ1) is 4.92. The van der Waals surface area contributed by atoms with Gasteiger partial charge >= 0.3 is 0 Å². The lowest BCUT2D eigenvalue weighted by atomic mass is 10.3. The van der Waals surface area contributed by atoms with E-state index in [0.29, 0.717) is 5.88 Å². The van der Waals surface area contributed by atoms with Crippen LogP contribution in [0.3, 0.4) is 0 Å². The van der Waals surface area contributed by atoms with Gasteiger partial charge in [0.05, 0.1) is 17.1 Å². The minimum Gasteiger partial charge on any atom is -0.249 e. The molecule has 0 atom stereocenters. The molecule has 10 heavy (non-hydrogen) atoms. The monoisotopic (exact) mass is 173 g/mol. The molecule has 0 unspecified atom stereocenters. The lowest BCUT2D eigenvalue weighted by Gasteiger charge is -1.92. The number of alkyl halides is 1. The van der Waals surface area contributed by atoms with Crippen LogP contribution in [0.1, 0.15) is 29.3 Å². The lowest BCUT2D eigenvalue weighted by molar-refractivity contribution is 1.03. The molecule has 0 aromatic carbocycles. The Bertz CT molecular complexity index is 229. The van der Waals surface area contributed by atoms with E-state index in [-0.39, 0.29) is 0 Å². The summed E-state index contributed by atoms with van der Waals surface area (Å²) in [7, 11) is 0. The first-order valence-corrected chi connectivity index (χ1v) is 4.81. The average Bonchev–Trinajstić information content (AvgIpc) is 2.69. The Morgan fingerprint density at radius 2 is 2.50 bits per heavy atom. The van der Waals surface area contributed by atoms with Gasteiger partial charge in [0.2, 0.25) is 0 Å². The average molecular weight is 174 g/mol.